The van der Waals surface area contributed by atoms with E-state index in [0.29, 0.717) is 34.8 Å². The molecule has 0 aliphatic carbocycles. The minimum absolute atomic E-state index is 0.0358. The largest absolute Gasteiger partial charge is 0.396 e. The fourth-order valence-corrected chi connectivity index (χ4v) is 5.80. The lowest BCUT2D eigenvalue weighted by Crippen LogP contribution is -2.36. The van der Waals surface area contributed by atoms with E-state index in [1.165, 1.54) is 0 Å². The van der Waals surface area contributed by atoms with Crippen molar-refractivity contribution >= 4 is 58.4 Å². The number of aromatic nitrogens is 3. The number of amides is 1. The van der Waals surface area contributed by atoms with Crippen molar-refractivity contribution in [2.75, 3.05) is 39.7 Å². The second-order valence-electron chi connectivity index (χ2n) is 11.0. The molecule has 1 saturated heterocycles. The van der Waals surface area contributed by atoms with Crippen molar-refractivity contribution in [3.63, 3.8) is 0 Å². The second-order valence-corrected chi connectivity index (χ2v) is 11.4. The van der Waals surface area contributed by atoms with Crippen LogP contribution in [0, 0.1) is 18.8 Å². The molecule has 5 N–H and O–H groups in total. The first kappa shape index (κ1) is 27.0. The van der Waals surface area contributed by atoms with E-state index in [1.54, 1.807) is 6.20 Å². The highest BCUT2D eigenvalue weighted by atomic mass is 35.5. The number of halogens is 1. The van der Waals surface area contributed by atoms with Crippen LogP contribution in [0.1, 0.15) is 43.4 Å². The molecule has 10 nitrogen and oxygen atoms in total. The summed E-state index contributed by atoms with van der Waals surface area (Å²) in [4.78, 5) is 33.4. The first-order chi connectivity index (χ1) is 19.9. The SMILES string of the molecule is Cc1ccc(N)c(N2CCC(CC(=O)Nc3ccc4cc3CCC3C=NC=C(C3)Nc3ncc(Cl)c(n3)N4)CC2)n1. The maximum atomic E-state index is 13.2. The van der Waals surface area contributed by atoms with Gasteiger partial charge in [-0.05, 0) is 80.8 Å². The van der Waals surface area contributed by atoms with Crippen LogP contribution in [0.5, 0.6) is 0 Å². The van der Waals surface area contributed by atoms with E-state index < -0.39 is 0 Å². The molecule has 1 fully saturated rings. The van der Waals surface area contributed by atoms with E-state index >= 15 is 0 Å². The number of carbonyl (C=O) groups excluding carboxylic acids is 1. The number of nitrogens with one attached hydrogen (secondary N) is 3. The van der Waals surface area contributed by atoms with Gasteiger partial charge in [0.05, 0.1) is 11.9 Å². The molecule has 6 rings (SSSR count). The molecule has 1 atom stereocenters. The number of pyridine rings is 1. The number of benzene rings is 1. The van der Waals surface area contributed by atoms with Crippen LogP contribution in [0.3, 0.4) is 0 Å². The number of hydrogen-bond donors (Lipinski definition) is 4. The van der Waals surface area contributed by atoms with Gasteiger partial charge in [-0.25, -0.2) is 9.97 Å². The maximum Gasteiger partial charge on any atom is 0.229 e. The number of rotatable bonds is 4. The van der Waals surface area contributed by atoms with Crippen LogP contribution in [-0.2, 0) is 11.2 Å². The van der Waals surface area contributed by atoms with E-state index in [2.05, 4.69) is 46.9 Å². The van der Waals surface area contributed by atoms with Crippen LogP contribution >= 0.6 is 11.6 Å². The van der Waals surface area contributed by atoms with Crippen LogP contribution in [0.25, 0.3) is 0 Å². The Balaban J connectivity index is 1.14. The number of piperidine rings is 1. The van der Waals surface area contributed by atoms with Gasteiger partial charge >= 0.3 is 0 Å². The van der Waals surface area contributed by atoms with Crippen molar-refractivity contribution in [2.24, 2.45) is 16.8 Å². The molecule has 3 aliphatic heterocycles. The lowest BCUT2D eigenvalue weighted by atomic mass is 9.92. The third-order valence-corrected chi connectivity index (χ3v) is 8.16. The Kier molecular flexibility index (Phi) is 7.74. The average Bonchev–Trinajstić information content (AvgIpc) is 2.97. The van der Waals surface area contributed by atoms with Gasteiger partial charge in [0, 0.05) is 60.6 Å². The molecular weight excluding hydrogens is 538 g/mol. The van der Waals surface area contributed by atoms with Gasteiger partial charge in [-0.2, -0.15) is 4.98 Å². The summed E-state index contributed by atoms with van der Waals surface area (Å²) in [5, 5.41) is 10.2. The highest BCUT2D eigenvalue weighted by molar-refractivity contribution is 6.32. The zero-order valence-corrected chi connectivity index (χ0v) is 23.8. The van der Waals surface area contributed by atoms with Crippen LogP contribution in [0.15, 0.2) is 53.4 Å². The van der Waals surface area contributed by atoms with Gasteiger partial charge in [-0.3, -0.25) is 9.79 Å². The quantitative estimate of drug-likeness (QED) is 0.313. The van der Waals surface area contributed by atoms with E-state index in [9.17, 15) is 4.79 Å². The molecule has 6 bridgehead atoms. The lowest BCUT2D eigenvalue weighted by Gasteiger charge is -2.33. The minimum Gasteiger partial charge on any atom is -0.396 e. The number of hydrogen-bond acceptors (Lipinski definition) is 9. The predicted octanol–water partition coefficient (Wildman–Crippen LogP) is 5.69. The summed E-state index contributed by atoms with van der Waals surface area (Å²) in [6.45, 7) is 3.65. The number of anilines is 6. The van der Waals surface area contributed by atoms with Crippen molar-refractivity contribution in [1.82, 2.24) is 15.0 Å². The van der Waals surface area contributed by atoms with Crippen molar-refractivity contribution < 1.29 is 4.79 Å². The lowest BCUT2D eigenvalue weighted by molar-refractivity contribution is -0.117. The molecule has 41 heavy (non-hydrogen) atoms. The van der Waals surface area contributed by atoms with Gasteiger partial charge < -0.3 is 26.6 Å². The zero-order valence-electron chi connectivity index (χ0n) is 23.0. The number of allylic oxidation sites excluding steroid dienone is 1. The number of aliphatic imine (C=N–C) groups is 1. The zero-order chi connectivity index (χ0) is 28.3. The van der Waals surface area contributed by atoms with Crippen LogP contribution in [-0.4, -0.2) is 40.2 Å². The van der Waals surface area contributed by atoms with Gasteiger partial charge in [0.1, 0.15) is 5.02 Å². The van der Waals surface area contributed by atoms with Gasteiger partial charge in [-0.1, -0.05) is 11.6 Å². The Morgan fingerprint density at radius 3 is 2.85 bits per heavy atom. The Labute approximate surface area is 244 Å². The molecule has 212 valence electrons. The van der Waals surface area contributed by atoms with E-state index in [4.69, 9.17) is 17.3 Å². The molecule has 0 saturated carbocycles. The summed E-state index contributed by atoms with van der Waals surface area (Å²) < 4.78 is 0. The maximum absolute atomic E-state index is 13.2. The highest BCUT2D eigenvalue weighted by Crippen LogP contribution is 2.32. The molecule has 0 radical (unpaired) electrons. The highest BCUT2D eigenvalue weighted by Gasteiger charge is 2.24. The van der Waals surface area contributed by atoms with Gasteiger partial charge in [0.2, 0.25) is 11.9 Å². The van der Waals surface area contributed by atoms with Crippen molar-refractivity contribution in [3.8, 4) is 0 Å². The Hall–Kier alpha value is -4.18. The normalized spacial score (nSPS) is 18.6. The fraction of sp³-hybridized carbons (Fsp3) is 0.367. The predicted molar refractivity (Wildman–Crippen MR) is 165 cm³/mol. The first-order valence-corrected chi connectivity index (χ1v) is 14.5. The fourth-order valence-electron chi connectivity index (χ4n) is 5.66. The van der Waals surface area contributed by atoms with Crippen molar-refractivity contribution in [3.05, 3.63) is 64.7 Å². The van der Waals surface area contributed by atoms with Gasteiger partial charge in [0.25, 0.3) is 0 Å². The Morgan fingerprint density at radius 2 is 2.00 bits per heavy atom. The number of carbonyl (C=O) groups is 1. The number of nitrogens with two attached hydrogens (primary N) is 1. The molecule has 1 unspecified atom stereocenters. The van der Waals surface area contributed by atoms with Crippen LogP contribution in [0.4, 0.5) is 34.6 Å². The molecule has 3 aromatic rings. The standard InChI is InChI=1S/C30H34ClN9O/c1-18-2-6-25(32)29(35-18)40-10-8-19(9-11-40)13-27(41)38-26-7-5-22-14-21(26)4-3-20-12-23(16-33-15-20)37-30-34-17-24(31)28(36-22)39-30/h2,5-7,14-17,19-20H,3-4,8-13,32H2,1H3,(H,38,41)(H2,34,36,37,39). The van der Waals surface area contributed by atoms with Crippen LogP contribution < -0.4 is 26.6 Å². The summed E-state index contributed by atoms with van der Waals surface area (Å²) in [5.41, 5.74) is 11.5. The molecule has 1 aromatic carbocycles. The smallest absolute Gasteiger partial charge is 0.229 e. The summed E-state index contributed by atoms with van der Waals surface area (Å²) in [6, 6.07) is 9.80. The van der Waals surface area contributed by atoms with Crippen molar-refractivity contribution in [2.45, 2.75) is 45.4 Å². The minimum atomic E-state index is 0.0358. The molecule has 2 aromatic heterocycles. The summed E-state index contributed by atoms with van der Waals surface area (Å²) in [6.07, 6.45) is 10.2. The van der Waals surface area contributed by atoms with E-state index in [1.807, 2.05) is 43.6 Å². The molecule has 0 spiro atoms. The number of nitrogen functional groups attached to an aromatic ring is 1. The van der Waals surface area contributed by atoms with Crippen LogP contribution in [0.2, 0.25) is 5.02 Å². The van der Waals surface area contributed by atoms with Gasteiger partial charge in [0.15, 0.2) is 11.6 Å². The van der Waals surface area contributed by atoms with Gasteiger partial charge in [-0.15, -0.1) is 0 Å². The monoisotopic (exact) mass is 571 g/mol. The topological polar surface area (TPSA) is 133 Å². The average molecular weight is 572 g/mol. The molecular formula is C30H34ClN9O. The number of fused-ring (bicyclic) bond motifs is 6. The molecule has 5 heterocycles. The Morgan fingerprint density at radius 1 is 1.15 bits per heavy atom. The van der Waals surface area contributed by atoms with E-state index in [0.717, 1.165) is 79.3 Å². The molecule has 1 amide bonds. The summed E-state index contributed by atoms with van der Waals surface area (Å²) >= 11 is 6.40. The number of aryl methyl sites for hydroxylation is 2. The first-order valence-electron chi connectivity index (χ1n) is 14.1. The Bertz CT molecular complexity index is 1510. The molecule has 3 aliphatic rings. The third-order valence-electron chi connectivity index (χ3n) is 7.89. The summed E-state index contributed by atoms with van der Waals surface area (Å²) in [7, 11) is 0. The molecule has 11 heteroatoms. The third kappa shape index (κ3) is 6.43. The summed E-state index contributed by atoms with van der Waals surface area (Å²) in [5.74, 6) is 2.44. The second kappa shape index (κ2) is 11.7. The van der Waals surface area contributed by atoms with Crippen molar-refractivity contribution in [1.29, 1.82) is 0 Å². The van der Waals surface area contributed by atoms with E-state index in [-0.39, 0.29) is 11.8 Å². The number of nitrogens with zero attached hydrogens (tertiary/aromatic N) is 5.